The van der Waals surface area contributed by atoms with Crippen LogP contribution in [0.3, 0.4) is 0 Å². The predicted molar refractivity (Wildman–Crippen MR) is 107 cm³/mol. The summed E-state index contributed by atoms with van der Waals surface area (Å²) in [7, 11) is 1.54. The van der Waals surface area contributed by atoms with Crippen molar-refractivity contribution in [2.45, 2.75) is 31.7 Å². The number of aryl methyl sites for hydroxylation is 1. The maximum absolute atomic E-state index is 10.9. The lowest BCUT2D eigenvalue weighted by Gasteiger charge is -2.25. The van der Waals surface area contributed by atoms with E-state index in [0.29, 0.717) is 29.0 Å². The molecule has 0 aliphatic heterocycles. The molecule has 1 unspecified atom stereocenters. The summed E-state index contributed by atoms with van der Waals surface area (Å²) < 4.78 is 10.7. The van der Waals surface area contributed by atoms with Crippen molar-refractivity contribution < 1.29 is 14.3 Å². The molecule has 0 saturated carbocycles. The van der Waals surface area contributed by atoms with Crippen molar-refractivity contribution in [3.05, 3.63) is 58.1 Å². The van der Waals surface area contributed by atoms with Crippen molar-refractivity contribution in [3.63, 3.8) is 0 Å². The van der Waals surface area contributed by atoms with E-state index in [2.05, 4.69) is 29.6 Å². The van der Waals surface area contributed by atoms with Gasteiger partial charge in [0.2, 0.25) is 0 Å². The minimum absolute atomic E-state index is 0.241. The van der Waals surface area contributed by atoms with Crippen molar-refractivity contribution >= 4 is 17.5 Å². The first-order valence-corrected chi connectivity index (χ1v) is 9.52. The van der Waals surface area contributed by atoms with Crippen LogP contribution in [-0.4, -0.2) is 26.2 Å². The number of benzene rings is 2. The monoisotopic (exact) mass is 388 g/mol. The number of hydrogen-bond donors (Lipinski definition) is 2. The van der Waals surface area contributed by atoms with E-state index in [4.69, 9.17) is 26.8 Å². The molecule has 1 aliphatic rings. The van der Waals surface area contributed by atoms with Crippen molar-refractivity contribution in [2.24, 2.45) is 5.73 Å². The quantitative estimate of drug-likeness (QED) is 0.726. The molecule has 5 nitrogen and oxygen atoms in total. The second-order valence-corrected chi connectivity index (χ2v) is 7.19. The fourth-order valence-corrected chi connectivity index (χ4v) is 3.90. The maximum atomic E-state index is 10.9. The summed E-state index contributed by atoms with van der Waals surface area (Å²) >= 11 is 6.31. The van der Waals surface area contributed by atoms with Crippen LogP contribution in [0.5, 0.6) is 11.5 Å². The average Bonchev–Trinajstić information content (AvgIpc) is 2.66. The number of fused-ring (bicyclic) bond motifs is 1. The van der Waals surface area contributed by atoms with Gasteiger partial charge in [0.1, 0.15) is 0 Å². The molecular formula is C21H25ClN2O3. The first-order valence-electron chi connectivity index (χ1n) is 9.14. The number of hydrogen-bond acceptors (Lipinski definition) is 4. The zero-order valence-corrected chi connectivity index (χ0v) is 16.2. The fourth-order valence-electron chi connectivity index (χ4n) is 3.62. The third-order valence-corrected chi connectivity index (χ3v) is 5.14. The first-order chi connectivity index (χ1) is 13.1. The van der Waals surface area contributed by atoms with Gasteiger partial charge in [0.05, 0.1) is 12.1 Å². The Morgan fingerprint density at radius 3 is 2.93 bits per heavy atom. The lowest BCUT2D eigenvalue weighted by Crippen LogP contribution is -2.24. The highest BCUT2D eigenvalue weighted by Crippen LogP contribution is 2.36. The minimum atomic E-state index is -0.563. The normalized spacial score (nSPS) is 15.9. The van der Waals surface area contributed by atoms with E-state index < -0.39 is 5.91 Å². The van der Waals surface area contributed by atoms with Crippen molar-refractivity contribution in [1.29, 1.82) is 0 Å². The van der Waals surface area contributed by atoms with Gasteiger partial charge in [0, 0.05) is 13.1 Å². The van der Waals surface area contributed by atoms with Crippen LogP contribution in [0.15, 0.2) is 36.4 Å². The zero-order chi connectivity index (χ0) is 19.2. The molecule has 0 bridgehead atoms. The minimum Gasteiger partial charge on any atom is -0.493 e. The van der Waals surface area contributed by atoms with E-state index in [0.717, 1.165) is 12.1 Å². The zero-order valence-electron chi connectivity index (χ0n) is 15.5. The molecule has 0 heterocycles. The molecular weight excluding hydrogens is 364 g/mol. The van der Waals surface area contributed by atoms with Gasteiger partial charge in [-0.05, 0) is 54.0 Å². The SMILES string of the molecule is COc1cc(CNCC2CCCc3ccccc32)cc(Cl)c1OCC(N)=O. The van der Waals surface area contributed by atoms with Crippen LogP contribution in [0.25, 0.3) is 0 Å². The summed E-state index contributed by atoms with van der Waals surface area (Å²) in [4.78, 5) is 10.9. The molecule has 0 aromatic heterocycles. The highest BCUT2D eigenvalue weighted by Gasteiger charge is 2.19. The Hall–Kier alpha value is -2.24. The molecule has 0 saturated heterocycles. The Kier molecular flexibility index (Phi) is 6.58. The average molecular weight is 389 g/mol. The number of amides is 1. The topological polar surface area (TPSA) is 73.6 Å². The molecule has 1 amide bonds. The van der Waals surface area contributed by atoms with Gasteiger partial charge >= 0.3 is 0 Å². The van der Waals surface area contributed by atoms with Gasteiger partial charge in [0.25, 0.3) is 5.91 Å². The lowest BCUT2D eigenvalue weighted by molar-refractivity contribution is -0.119. The van der Waals surface area contributed by atoms with Gasteiger partial charge in [-0.15, -0.1) is 0 Å². The number of nitrogens with two attached hydrogens (primary N) is 1. The van der Waals surface area contributed by atoms with Crippen LogP contribution in [0.4, 0.5) is 0 Å². The van der Waals surface area contributed by atoms with Crippen LogP contribution >= 0.6 is 11.6 Å². The number of nitrogens with one attached hydrogen (secondary N) is 1. The molecule has 0 fully saturated rings. The molecule has 144 valence electrons. The highest BCUT2D eigenvalue weighted by molar-refractivity contribution is 6.32. The van der Waals surface area contributed by atoms with E-state index >= 15 is 0 Å². The molecule has 0 radical (unpaired) electrons. The molecule has 6 heteroatoms. The Balaban J connectivity index is 1.63. The van der Waals surface area contributed by atoms with Crippen molar-refractivity contribution in [3.8, 4) is 11.5 Å². The van der Waals surface area contributed by atoms with Gasteiger partial charge in [-0.1, -0.05) is 35.9 Å². The number of methoxy groups -OCH3 is 1. The van der Waals surface area contributed by atoms with Crippen LogP contribution in [-0.2, 0) is 17.8 Å². The van der Waals surface area contributed by atoms with Gasteiger partial charge in [-0.2, -0.15) is 0 Å². The largest absolute Gasteiger partial charge is 0.493 e. The van der Waals surface area contributed by atoms with Gasteiger partial charge in [-0.25, -0.2) is 0 Å². The number of carbonyl (C=O) groups excluding carboxylic acids is 1. The van der Waals surface area contributed by atoms with Crippen molar-refractivity contribution in [1.82, 2.24) is 5.32 Å². The molecule has 0 spiro atoms. The van der Waals surface area contributed by atoms with E-state index in [1.54, 1.807) is 7.11 Å². The lowest BCUT2D eigenvalue weighted by atomic mass is 9.83. The standard InChI is InChI=1S/C21H25ClN2O3/c1-26-19-10-14(9-18(22)21(19)27-13-20(23)25)11-24-12-16-7-4-6-15-5-2-3-8-17(15)16/h2-3,5,8-10,16,24H,4,6-7,11-13H2,1H3,(H2,23,25). The maximum Gasteiger partial charge on any atom is 0.255 e. The smallest absolute Gasteiger partial charge is 0.255 e. The Morgan fingerprint density at radius 2 is 2.15 bits per heavy atom. The van der Waals surface area contributed by atoms with Crippen LogP contribution in [0.2, 0.25) is 5.02 Å². The second kappa shape index (κ2) is 9.11. The number of ether oxygens (including phenoxy) is 2. The summed E-state index contributed by atoms with van der Waals surface area (Å²) in [5.74, 6) is 0.795. The molecule has 2 aromatic carbocycles. The summed E-state index contributed by atoms with van der Waals surface area (Å²) in [5.41, 5.74) is 9.05. The van der Waals surface area contributed by atoms with Gasteiger partial charge in [0.15, 0.2) is 18.1 Å². The third-order valence-electron chi connectivity index (χ3n) is 4.86. The second-order valence-electron chi connectivity index (χ2n) is 6.78. The first kappa shape index (κ1) is 19.5. The van der Waals surface area contributed by atoms with Gasteiger partial charge in [-0.3, -0.25) is 4.79 Å². The molecule has 27 heavy (non-hydrogen) atoms. The fraction of sp³-hybridized carbons (Fsp3) is 0.381. The Bertz CT molecular complexity index is 810. The molecule has 1 atom stereocenters. The van der Waals surface area contributed by atoms with Crippen LogP contribution in [0, 0.1) is 0 Å². The van der Waals surface area contributed by atoms with E-state index in [1.807, 2.05) is 12.1 Å². The number of rotatable bonds is 8. The summed E-state index contributed by atoms with van der Waals surface area (Å²) in [5, 5.41) is 3.93. The van der Waals surface area contributed by atoms with E-state index in [1.165, 1.54) is 30.4 Å². The molecule has 3 rings (SSSR count). The Morgan fingerprint density at radius 1 is 1.33 bits per heavy atom. The Labute approximate surface area is 164 Å². The van der Waals surface area contributed by atoms with Gasteiger partial charge < -0.3 is 20.5 Å². The number of primary amides is 1. The van der Waals surface area contributed by atoms with E-state index in [-0.39, 0.29) is 6.61 Å². The molecule has 1 aliphatic carbocycles. The summed E-state index contributed by atoms with van der Waals surface area (Å²) in [6.07, 6.45) is 3.61. The van der Waals surface area contributed by atoms with Crippen LogP contribution in [0.1, 0.15) is 35.4 Å². The van der Waals surface area contributed by atoms with Crippen LogP contribution < -0.4 is 20.5 Å². The third kappa shape index (κ3) is 4.93. The summed E-state index contributed by atoms with van der Waals surface area (Å²) in [6, 6.07) is 12.4. The summed E-state index contributed by atoms with van der Waals surface area (Å²) in [6.45, 7) is 1.34. The number of halogens is 1. The molecule has 2 aromatic rings. The predicted octanol–water partition coefficient (Wildman–Crippen LogP) is 3.42. The van der Waals surface area contributed by atoms with Crippen molar-refractivity contribution in [2.75, 3.05) is 20.3 Å². The number of carbonyl (C=O) groups is 1. The molecule has 3 N–H and O–H groups in total. The highest BCUT2D eigenvalue weighted by atomic mass is 35.5. The van der Waals surface area contributed by atoms with E-state index in [9.17, 15) is 4.79 Å².